The molecule has 1 aromatic carbocycles. The van der Waals surface area contributed by atoms with E-state index in [9.17, 15) is 14.9 Å². The summed E-state index contributed by atoms with van der Waals surface area (Å²) >= 11 is 2.00. The number of hydrogen-bond acceptors (Lipinski definition) is 4. The Morgan fingerprint density at radius 3 is 2.42 bits per heavy atom. The number of piperidine rings is 1. The number of non-ortho nitro benzene ring substituents is 1. The number of carbonyl (C=O) groups excluding carboxylic acids is 1. The number of benzene rings is 1. The molecule has 1 saturated heterocycles. The smallest absolute Gasteiger partial charge is 0.270 e. The molecule has 0 spiro atoms. The maximum atomic E-state index is 12.7. The Balaban J connectivity index is 1.70. The molecule has 1 aliphatic heterocycles. The van der Waals surface area contributed by atoms with Crippen LogP contribution in [0.25, 0.3) is 0 Å². The van der Waals surface area contributed by atoms with Gasteiger partial charge < -0.3 is 5.32 Å². The summed E-state index contributed by atoms with van der Waals surface area (Å²) in [5, 5.41) is 14.0. The van der Waals surface area contributed by atoms with E-state index >= 15 is 0 Å². The van der Waals surface area contributed by atoms with Crippen molar-refractivity contribution in [2.24, 2.45) is 0 Å². The molecule has 0 atom stereocenters. The van der Waals surface area contributed by atoms with Crippen molar-refractivity contribution >= 4 is 34.2 Å². The number of hydrogen-bond donors (Lipinski definition) is 1. The molecule has 7 heteroatoms. The third kappa shape index (κ3) is 4.36. The van der Waals surface area contributed by atoms with Crippen molar-refractivity contribution in [3.05, 3.63) is 37.4 Å². The fourth-order valence-electron chi connectivity index (χ4n) is 4.32. The van der Waals surface area contributed by atoms with Crippen molar-refractivity contribution < 1.29 is 9.72 Å². The van der Waals surface area contributed by atoms with E-state index in [-0.39, 0.29) is 17.1 Å². The van der Waals surface area contributed by atoms with Gasteiger partial charge in [-0.15, -0.1) is 0 Å². The number of nitrogens with zero attached hydrogens (tertiary/aromatic N) is 2. The molecule has 1 N–H and O–H groups in total. The minimum atomic E-state index is -0.433. The van der Waals surface area contributed by atoms with E-state index in [2.05, 4.69) is 10.2 Å². The fraction of sp³-hybridized carbons (Fsp3) is 0.632. The van der Waals surface area contributed by atoms with Gasteiger partial charge in [0.15, 0.2) is 0 Å². The molecule has 1 aliphatic carbocycles. The standard InChI is InChI=1S/C19H26IN3O3/c20-17-13-15(23(25)26)7-8-16(17)18(24)21-14-19(9-3-1-4-10-19)22-11-5-2-6-12-22/h7-8,13H,1-6,9-12,14H2,(H,21,24). The predicted octanol–water partition coefficient (Wildman–Crippen LogP) is 4.12. The third-order valence-corrected chi connectivity index (χ3v) is 6.69. The van der Waals surface area contributed by atoms with Crippen molar-refractivity contribution in [3.63, 3.8) is 0 Å². The van der Waals surface area contributed by atoms with Crippen LogP contribution in [0.5, 0.6) is 0 Å². The van der Waals surface area contributed by atoms with Crippen LogP contribution in [0.2, 0.25) is 0 Å². The van der Waals surface area contributed by atoms with Gasteiger partial charge in [-0.2, -0.15) is 0 Å². The molecule has 0 radical (unpaired) electrons. The zero-order valence-corrected chi connectivity index (χ0v) is 17.2. The van der Waals surface area contributed by atoms with Crippen LogP contribution < -0.4 is 5.32 Å². The summed E-state index contributed by atoms with van der Waals surface area (Å²) in [6.07, 6.45) is 9.81. The van der Waals surface area contributed by atoms with Crippen molar-refractivity contribution in [1.29, 1.82) is 0 Å². The fourth-order valence-corrected chi connectivity index (χ4v) is 5.07. The van der Waals surface area contributed by atoms with Gasteiger partial charge in [0.1, 0.15) is 0 Å². The molecule has 0 unspecified atom stereocenters. The average Bonchev–Trinajstić information content (AvgIpc) is 2.67. The maximum absolute atomic E-state index is 12.7. The Kier molecular flexibility index (Phi) is 6.50. The van der Waals surface area contributed by atoms with E-state index in [1.165, 1.54) is 50.7 Å². The minimum absolute atomic E-state index is 0.0167. The van der Waals surface area contributed by atoms with Gasteiger partial charge in [-0.05, 0) is 67.4 Å². The molecule has 2 fully saturated rings. The highest BCUT2D eigenvalue weighted by Crippen LogP contribution is 2.35. The normalized spacial score (nSPS) is 20.5. The Bertz CT molecular complexity index is 668. The lowest BCUT2D eigenvalue weighted by Crippen LogP contribution is -2.58. The first-order valence-electron chi connectivity index (χ1n) is 9.49. The maximum Gasteiger partial charge on any atom is 0.270 e. The van der Waals surface area contributed by atoms with Crippen molar-refractivity contribution in [1.82, 2.24) is 10.2 Å². The number of nitrogens with one attached hydrogen (secondary N) is 1. The molecular formula is C19H26IN3O3. The van der Waals surface area contributed by atoms with Gasteiger partial charge >= 0.3 is 0 Å². The van der Waals surface area contributed by atoms with E-state index in [4.69, 9.17) is 0 Å². The number of rotatable bonds is 5. The molecule has 3 rings (SSSR count). The Morgan fingerprint density at radius 2 is 1.81 bits per heavy atom. The summed E-state index contributed by atoms with van der Waals surface area (Å²) in [6.45, 7) is 2.93. The van der Waals surface area contributed by atoms with Crippen LogP contribution in [0.1, 0.15) is 61.7 Å². The molecule has 142 valence electrons. The average molecular weight is 471 g/mol. The molecule has 1 heterocycles. The lowest BCUT2D eigenvalue weighted by Gasteiger charge is -2.48. The molecule has 0 bridgehead atoms. The summed E-state index contributed by atoms with van der Waals surface area (Å²) in [5.74, 6) is -0.133. The van der Waals surface area contributed by atoms with Gasteiger partial charge in [-0.1, -0.05) is 25.7 Å². The molecular weight excluding hydrogens is 445 g/mol. The SMILES string of the molecule is O=C(NCC1(N2CCCCC2)CCCCC1)c1ccc([N+](=O)[O-])cc1I. The van der Waals surface area contributed by atoms with Crippen LogP contribution in [0.4, 0.5) is 5.69 Å². The quantitative estimate of drug-likeness (QED) is 0.399. The summed E-state index contributed by atoms with van der Waals surface area (Å²) in [6, 6.07) is 4.41. The lowest BCUT2D eigenvalue weighted by atomic mass is 9.79. The first kappa shape index (κ1) is 19.5. The van der Waals surface area contributed by atoms with Crippen LogP contribution in [0, 0.1) is 13.7 Å². The van der Waals surface area contributed by atoms with Gasteiger partial charge in [0.05, 0.1) is 10.5 Å². The number of halogens is 1. The second-order valence-electron chi connectivity index (χ2n) is 7.44. The number of amides is 1. The Morgan fingerprint density at radius 1 is 1.15 bits per heavy atom. The highest BCUT2D eigenvalue weighted by atomic mass is 127. The van der Waals surface area contributed by atoms with Crippen molar-refractivity contribution in [2.75, 3.05) is 19.6 Å². The van der Waals surface area contributed by atoms with Gasteiger partial charge in [0.25, 0.3) is 11.6 Å². The number of carbonyl (C=O) groups is 1. The topological polar surface area (TPSA) is 75.5 Å². The molecule has 6 nitrogen and oxygen atoms in total. The zero-order valence-electron chi connectivity index (χ0n) is 15.0. The lowest BCUT2D eigenvalue weighted by molar-refractivity contribution is -0.384. The Labute approximate surface area is 168 Å². The molecule has 0 aromatic heterocycles. The van der Waals surface area contributed by atoms with E-state index < -0.39 is 4.92 Å². The van der Waals surface area contributed by atoms with Crippen LogP contribution in [0.3, 0.4) is 0 Å². The molecule has 2 aliphatic rings. The van der Waals surface area contributed by atoms with Crippen molar-refractivity contribution in [2.45, 2.75) is 56.9 Å². The highest BCUT2D eigenvalue weighted by molar-refractivity contribution is 14.1. The third-order valence-electron chi connectivity index (χ3n) is 5.80. The number of likely N-dealkylation sites (tertiary alicyclic amines) is 1. The van der Waals surface area contributed by atoms with Crippen LogP contribution >= 0.6 is 22.6 Å². The van der Waals surface area contributed by atoms with E-state index in [0.717, 1.165) is 25.9 Å². The molecule has 1 amide bonds. The van der Waals surface area contributed by atoms with Crippen LogP contribution in [0.15, 0.2) is 18.2 Å². The minimum Gasteiger partial charge on any atom is -0.350 e. The molecule has 26 heavy (non-hydrogen) atoms. The number of nitro groups is 1. The first-order chi connectivity index (χ1) is 12.5. The summed E-state index contributed by atoms with van der Waals surface area (Å²) in [5.41, 5.74) is 0.615. The van der Waals surface area contributed by atoms with Crippen molar-refractivity contribution in [3.8, 4) is 0 Å². The van der Waals surface area contributed by atoms with Gasteiger partial charge in [0, 0.05) is 27.8 Å². The zero-order chi connectivity index (χ0) is 18.6. The summed E-state index contributed by atoms with van der Waals surface area (Å²) < 4.78 is 0.616. The monoisotopic (exact) mass is 471 g/mol. The number of nitro benzene ring substituents is 1. The first-order valence-corrected chi connectivity index (χ1v) is 10.6. The summed E-state index contributed by atoms with van der Waals surface area (Å²) in [7, 11) is 0. The van der Waals surface area contributed by atoms with Gasteiger partial charge in [-0.25, -0.2) is 0 Å². The van der Waals surface area contributed by atoms with Crippen LogP contribution in [-0.2, 0) is 0 Å². The van der Waals surface area contributed by atoms with E-state index in [1.54, 1.807) is 6.07 Å². The highest BCUT2D eigenvalue weighted by Gasteiger charge is 2.38. The predicted molar refractivity (Wildman–Crippen MR) is 109 cm³/mol. The molecule has 1 aromatic rings. The van der Waals surface area contributed by atoms with E-state index in [0.29, 0.717) is 15.7 Å². The molecule has 1 saturated carbocycles. The van der Waals surface area contributed by atoms with Gasteiger partial charge in [0.2, 0.25) is 0 Å². The second-order valence-corrected chi connectivity index (χ2v) is 8.60. The van der Waals surface area contributed by atoms with Crippen LogP contribution in [-0.4, -0.2) is 40.9 Å². The summed E-state index contributed by atoms with van der Waals surface area (Å²) in [4.78, 5) is 25.8. The van der Waals surface area contributed by atoms with E-state index in [1.807, 2.05) is 22.6 Å². The Hall–Kier alpha value is -1.22. The second kappa shape index (κ2) is 8.65. The van der Waals surface area contributed by atoms with Gasteiger partial charge in [-0.3, -0.25) is 19.8 Å². The largest absolute Gasteiger partial charge is 0.350 e.